The van der Waals surface area contributed by atoms with Crippen LogP contribution in [-0.2, 0) is 9.59 Å². The van der Waals surface area contributed by atoms with Gasteiger partial charge in [-0.1, -0.05) is 17.8 Å². The molecule has 0 aliphatic heterocycles. The molecule has 0 aliphatic carbocycles. The van der Waals surface area contributed by atoms with Crippen molar-refractivity contribution in [1.82, 2.24) is 4.98 Å². The van der Waals surface area contributed by atoms with E-state index in [1.54, 1.807) is 18.2 Å². The molecule has 78 valence electrons. The number of carboxylic acids is 2. The van der Waals surface area contributed by atoms with Crippen LogP contribution < -0.4 is 0 Å². The van der Waals surface area contributed by atoms with Crippen LogP contribution in [0.5, 0.6) is 0 Å². The van der Waals surface area contributed by atoms with Crippen LogP contribution in [-0.4, -0.2) is 27.1 Å². The first-order valence-electron chi connectivity index (χ1n) is 3.86. The molecule has 0 bridgehead atoms. The zero-order chi connectivity index (χ0) is 11.3. The first kappa shape index (κ1) is 11.3. The van der Waals surface area contributed by atoms with Crippen LogP contribution in [0.4, 0.5) is 0 Å². The van der Waals surface area contributed by atoms with Gasteiger partial charge in [0.2, 0.25) is 0 Å². The van der Waals surface area contributed by atoms with E-state index in [1.807, 2.05) is 0 Å². The Morgan fingerprint density at radius 2 is 2.07 bits per heavy atom. The van der Waals surface area contributed by atoms with Gasteiger partial charge in [-0.3, -0.25) is 0 Å². The predicted molar refractivity (Wildman–Crippen MR) is 53.4 cm³/mol. The minimum absolute atomic E-state index is 0.277. The van der Waals surface area contributed by atoms with E-state index in [1.165, 1.54) is 6.20 Å². The van der Waals surface area contributed by atoms with E-state index < -0.39 is 11.9 Å². The fraction of sp³-hybridized carbons (Fsp3) is 0. The zero-order valence-corrected chi connectivity index (χ0v) is 8.27. The van der Waals surface area contributed by atoms with Crippen molar-refractivity contribution in [2.45, 2.75) is 5.03 Å². The van der Waals surface area contributed by atoms with Crippen molar-refractivity contribution in [3.63, 3.8) is 0 Å². The van der Waals surface area contributed by atoms with Gasteiger partial charge < -0.3 is 10.2 Å². The molecule has 0 saturated carbocycles. The molecule has 1 rings (SSSR count). The summed E-state index contributed by atoms with van der Waals surface area (Å²) in [6, 6.07) is 4.98. The second-order valence-corrected chi connectivity index (χ2v) is 3.48. The van der Waals surface area contributed by atoms with Gasteiger partial charge in [-0.25, -0.2) is 14.6 Å². The maximum Gasteiger partial charge on any atom is 0.342 e. The molecule has 1 heterocycles. The monoisotopic (exact) mass is 225 g/mol. The third kappa shape index (κ3) is 3.82. The summed E-state index contributed by atoms with van der Waals surface area (Å²) in [7, 11) is 0. The lowest BCUT2D eigenvalue weighted by molar-refractivity contribution is -0.134. The van der Waals surface area contributed by atoms with Gasteiger partial charge in [0.15, 0.2) is 0 Å². The molecule has 0 aromatic carbocycles. The third-order valence-electron chi connectivity index (χ3n) is 1.32. The van der Waals surface area contributed by atoms with E-state index in [2.05, 4.69) is 4.98 Å². The van der Waals surface area contributed by atoms with Crippen molar-refractivity contribution in [3.8, 4) is 0 Å². The van der Waals surface area contributed by atoms with Gasteiger partial charge in [-0.15, -0.1) is 0 Å². The average Bonchev–Trinajstić information content (AvgIpc) is 2.17. The van der Waals surface area contributed by atoms with Crippen LogP contribution >= 0.6 is 11.8 Å². The van der Waals surface area contributed by atoms with Crippen molar-refractivity contribution >= 4 is 23.7 Å². The van der Waals surface area contributed by atoms with E-state index >= 15 is 0 Å². The number of aromatic nitrogens is 1. The standard InChI is InChI=1S/C9H7NO4S/c11-8(12)5-6(9(13)14)15-7-3-1-2-4-10-7/h1-5H,(H,11,12)(H,13,14)/b6-5-. The maximum absolute atomic E-state index is 10.7. The summed E-state index contributed by atoms with van der Waals surface area (Å²) in [6.45, 7) is 0. The molecule has 5 nitrogen and oxygen atoms in total. The normalized spacial score (nSPS) is 11.1. The lowest BCUT2D eigenvalue weighted by atomic mass is 10.5. The highest BCUT2D eigenvalue weighted by molar-refractivity contribution is 8.03. The maximum atomic E-state index is 10.7. The highest BCUT2D eigenvalue weighted by atomic mass is 32.2. The molecule has 1 aromatic heterocycles. The number of aliphatic carboxylic acids is 2. The van der Waals surface area contributed by atoms with Crippen molar-refractivity contribution in [3.05, 3.63) is 35.4 Å². The van der Waals surface area contributed by atoms with Crippen LogP contribution in [0.2, 0.25) is 0 Å². The van der Waals surface area contributed by atoms with Gasteiger partial charge >= 0.3 is 11.9 Å². The van der Waals surface area contributed by atoms with E-state index in [0.29, 0.717) is 11.1 Å². The molecular weight excluding hydrogens is 218 g/mol. The molecule has 0 fully saturated rings. The van der Waals surface area contributed by atoms with Gasteiger partial charge in [0.05, 0.1) is 0 Å². The fourth-order valence-electron chi connectivity index (χ4n) is 0.767. The van der Waals surface area contributed by atoms with Gasteiger partial charge in [-0.05, 0) is 12.1 Å². The first-order valence-corrected chi connectivity index (χ1v) is 4.68. The fourth-order valence-corrected chi connectivity index (χ4v) is 1.50. The number of carboxylic acid groups (broad SMARTS) is 2. The van der Waals surface area contributed by atoms with Crippen LogP contribution in [0.3, 0.4) is 0 Å². The Morgan fingerprint density at radius 3 is 2.53 bits per heavy atom. The van der Waals surface area contributed by atoms with Gasteiger partial charge in [0.25, 0.3) is 0 Å². The number of thioether (sulfide) groups is 1. The van der Waals surface area contributed by atoms with E-state index in [9.17, 15) is 9.59 Å². The second kappa shape index (κ2) is 5.16. The van der Waals surface area contributed by atoms with Gasteiger partial charge in [0, 0.05) is 12.3 Å². The van der Waals surface area contributed by atoms with Crippen molar-refractivity contribution in [2.24, 2.45) is 0 Å². The molecule has 15 heavy (non-hydrogen) atoms. The Kier molecular flexibility index (Phi) is 3.87. The van der Waals surface area contributed by atoms with Crippen LogP contribution in [0, 0.1) is 0 Å². The van der Waals surface area contributed by atoms with Crippen LogP contribution in [0.25, 0.3) is 0 Å². The smallest absolute Gasteiger partial charge is 0.342 e. The van der Waals surface area contributed by atoms with Crippen LogP contribution in [0.1, 0.15) is 0 Å². The molecular formula is C9H7NO4S. The lowest BCUT2D eigenvalue weighted by Crippen LogP contribution is -2.01. The number of nitrogens with zero attached hydrogens (tertiary/aromatic N) is 1. The molecule has 0 radical (unpaired) electrons. The quantitative estimate of drug-likeness (QED) is 0.592. The van der Waals surface area contributed by atoms with Crippen molar-refractivity contribution in [1.29, 1.82) is 0 Å². The molecule has 0 atom stereocenters. The average molecular weight is 225 g/mol. The Hall–Kier alpha value is -1.82. The van der Waals surface area contributed by atoms with Crippen LogP contribution in [0.15, 0.2) is 40.4 Å². The summed E-state index contributed by atoms with van der Waals surface area (Å²) in [4.78, 5) is 24.6. The number of hydrogen-bond donors (Lipinski definition) is 2. The Balaban J connectivity index is 2.86. The predicted octanol–water partition coefficient (Wildman–Crippen LogP) is 1.23. The third-order valence-corrected chi connectivity index (χ3v) is 2.28. The first-order chi connectivity index (χ1) is 7.09. The lowest BCUT2D eigenvalue weighted by Gasteiger charge is -1.99. The molecule has 0 saturated heterocycles. The zero-order valence-electron chi connectivity index (χ0n) is 7.45. The minimum atomic E-state index is -1.30. The van der Waals surface area contributed by atoms with E-state index in [4.69, 9.17) is 10.2 Å². The molecule has 0 unspecified atom stereocenters. The topological polar surface area (TPSA) is 87.5 Å². The summed E-state index contributed by atoms with van der Waals surface area (Å²) in [6.07, 6.45) is 2.14. The highest BCUT2D eigenvalue weighted by Crippen LogP contribution is 2.24. The Labute approximate surface area is 89.5 Å². The van der Waals surface area contributed by atoms with Gasteiger partial charge in [0.1, 0.15) is 9.93 Å². The van der Waals surface area contributed by atoms with E-state index in [0.717, 1.165) is 11.8 Å². The van der Waals surface area contributed by atoms with E-state index in [-0.39, 0.29) is 4.91 Å². The largest absolute Gasteiger partial charge is 0.478 e. The van der Waals surface area contributed by atoms with Gasteiger partial charge in [-0.2, -0.15) is 0 Å². The highest BCUT2D eigenvalue weighted by Gasteiger charge is 2.11. The summed E-state index contributed by atoms with van der Waals surface area (Å²) < 4.78 is 0. The number of hydrogen-bond acceptors (Lipinski definition) is 4. The molecule has 0 amide bonds. The summed E-state index contributed by atoms with van der Waals surface area (Å²) >= 11 is 0.795. The molecule has 0 spiro atoms. The number of pyridine rings is 1. The Bertz CT molecular complexity index is 402. The number of carbonyl (C=O) groups is 2. The molecule has 0 aliphatic rings. The minimum Gasteiger partial charge on any atom is -0.478 e. The molecule has 1 aromatic rings. The summed E-state index contributed by atoms with van der Waals surface area (Å²) in [5.74, 6) is -2.58. The second-order valence-electron chi connectivity index (χ2n) is 2.42. The summed E-state index contributed by atoms with van der Waals surface area (Å²) in [5.41, 5.74) is 0. The molecule has 2 N–H and O–H groups in total. The Morgan fingerprint density at radius 1 is 1.33 bits per heavy atom. The summed E-state index contributed by atoms with van der Waals surface area (Å²) in [5, 5.41) is 17.6. The SMILES string of the molecule is O=C(O)/C=C(\Sc1ccccn1)C(=O)O. The molecule has 6 heteroatoms. The number of rotatable bonds is 4. The van der Waals surface area contributed by atoms with Crippen molar-refractivity contribution < 1.29 is 19.8 Å². The van der Waals surface area contributed by atoms with Crippen molar-refractivity contribution in [2.75, 3.05) is 0 Å².